The number of nitrogens with one attached hydrogen (secondary N) is 1. The molecule has 1 amide bonds. The van der Waals surface area contributed by atoms with Gasteiger partial charge in [0.15, 0.2) is 0 Å². The topological polar surface area (TPSA) is 73.0 Å². The van der Waals surface area contributed by atoms with Gasteiger partial charge in [-0.3, -0.25) is 4.79 Å². The van der Waals surface area contributed by atoms with Gasteiger partial charge >= 0.3 is 0 Å². The number of hydrogen-bond donors (Lipinski definition) is 1. The van der Waals surface area contributed by atoms with Crippen molar-refractivity contribution in [2.75, 3.05) is 5.32 Å². The minimum atomic E-state index is -0.0639. The maximum Gasteiger partial charge on any atom is 0.224 e. The summed E-state index contributed by atoms with van der Waals surface area (Å²) in [6.07, 6.45) is 0.931. The zero-order valence-corrected chi connectivity index (χ0v) is 14.0. The molecule has 0 aliphatic rings. The molecule has 0 aliphatic carbocycles. The Hall–Kier alpha value is -2.89. The van der Waals surface area contributed by atoms with Crippen molar-refractivity contribution in [1.82, 2.24) is 14.8 Å². The molecule has 2 heterocycles. The molecular weight excluding hydrogens is 304 g/mol. The van der Waals surface area contributed by atoms with E-state index >= 15 is 0 Å². The van der Waals surface area contributed by atoms with Crippen LogP contribution < -0.4 is 5.32 Å². The molecule has 0 spiro atoms. The largest absolute Gasteiger partial charge is 0.466 e. The lowest BCUT2D eigenvalue weighted by molar-refractivity contribution is -0.116. The smallest absolute Gasteiger partial charge is 0.224 e. The Kier molecular flexibility index (Phi) is 4.46. The molecule has 3 aromatic rings. The van der Waals surface area contributed by atoms with Crippen LogP contribution in [0, 0.1) is 20.8 Å². The van der Waals surface area contributed by atoms with Crippen LogP contribution in [0.2, 0.25) is 0 Å². The first-order valence-electron chi connectivity index (χ1n) is 7.88. The van der Waals surface area contributed by atoms with Crippen LogP contribution in [-0.2, 0) is 11.2 Å². The first-order chi connectivity index (χ1) is 11.5. The zero-order chi connectivity index (χ0) is 17.1. The Bertz CT molecular complexity index is 864. The molecule has 0 atom stereocenters. The summed E-state index contributed by atoms with van der Waals surface area (Å²) in [5.74, 6) is 3.08. The van der Waals surface area contributed by atoms with Gasteiger partial charge in [0, 0.05) is 12.8 Å². The van der Waals surface area contributed by atoms with Gasteiger partial charge in [-0.25, -0.2) is 9.67 Å². The van der Waals surface area contributed by atoms with Crippen LogP contribution in [0.15, 0.2) is 40.8 Å². The minimum Gasteiger partial charge on any atom is -0.466 e. The van der Waals surface area contributed by atoms with Crippen LogP contribution in [0.25, 0.3) is 5.69 Å². The standard InChI is InChI=1S/C18H20N4O2/c1-12-8-9-15(24-12)10-11-18(23)20-16-6-4-5-7-17(16)22-14(3)19-13(2)21-22/h4-9H,10-11H2,1-3H3,(H,20,23). The quantitative estimate of drug-likeness (QED) is 0.781. The second kappa shape index (κ2) is 6.70. The maximum atomic E-state index is 12.3. The fourth-order valence-electron chi connectivity index (χ4n) is 2.58. The van der Waals surface area contributed by atoms with Gasteiger partial charge in [-0.05, 0) is 45.0 Å². The van der Waals surface area contributed by atoms with E-state index in [0.717, 1.165) is 23.0 Å². The fourth-order valence-corrected chi connectivity index (χ4v) is 2.58. The van der Waals surface area contributed by atoms with E-state index in [1.54, 1.807) is 4.68 Å². The fraction of sp³-hybridized carbons (Fsp3) is 0.278. The lowest BCUT2D eigenvalue weighted by atomic mass is 10.2. The molecule has 6 nitrogen and oxygen atoms in total. The first-order valence-corrected chi connectivity index (χ1v) is 7.88. The second-order valence-corrected chi connectivity index (χ2v) is 5.70. The molecule has 3 rings (SSSR count). The molecular formula is C18H20N4O2. The molecule has 1 aromatic carbocycles. The molecule has 6 heteroatoms. The molecule has 0 bridgehead atoms. The summed E-state index contributed by atoms with van der Waals surface area (Å²) < 4.78 is 7.23. The highest BCUT2D eigenvalue weighted by Crippen LogP contribution is 2.21. The average molecular weight is 324 g/mol. The van der Waals surface area contributed by atoms with Crippen LogP contribution in [0.4, 0.5) is 5.69 Å². The van der Waals surface area contributed by atoms with Gasteiger partial charge < -0.3 is 9.73 Å². The van der Waals surface area contributed by atoms with Crippen LogP contribution in [-0.4, -0.2) is 20.7 Å². The van der Waals surface area contributed by atoms with Gasteiger partial charge in [-0.1, -0.05) is 12.1 Å². The van der Waals surface area contributed by atoms with Gasteiger partial charge in [-0.2, -0.15) is 5.10 Å². The maximum absolute atomic E-state index is 12.3. The molecule has 0 saturated carbocycles. The number of carbonyl (C=O) groups excluding carboxylic acids is 1. The van der Waals surface area contributed by atoms with Crippen molar-refractivity contribution in [3.05, 3.63) is 59.6 Å². The zero-order valence-electron chi connectivity index (χ0n) is 14.0. The molecule has 24 heavy (non-hydrogen) atoms. The Morgan fingerprint density at radius 1 is 1.17 bits per heavy atom. The predicted octanol–water partition coefficient (Wildman–Crippen LogP) is 3.36. The summed E-state index contributed by atoms with van der Waals surface area (Å²) in [4.78, 5) is 16.6. The number of amides is 1. The number of furan rings is 1. The van der Waals surface area contributed by atoms with Crippen LogP contribution in [0.1, 0.15) is 29.6 Å². The summed E-state index contributed by atoms with van der Waals surface area (Å²) in [5, 5.41) is 7.34. The van der Waals surface area contributed by atoms with Crippen LogP contribution in [0.3, 0.4) is 0 Å². The summed E-state index contributed by atoms with van der Waals surface area (Å²) in [6, 6.07) is 11.4. The van der Waals surface area contributed by atoms with Crippen molar-refractivity contribution in [3.8, 4) is 5.69 Å². The van der Waals surface area contributed by atoms with Crippen molar-refractivity contribution in [2.45, 2.75) is 33.6 Å². The monoisotopic (exact) mass is 324 g/mol. The lowest BCUT2D eigenvalue weighted by Gasteiger charge is -2.11. The van der Waals surface area contributed by atoms with Gasteiger partial charge in [0.25, 0.3) is 0 Å². The van der Waals surface area contributed by atoms with Crippen molar-refractivity contribution >= 4 is 11.6 Å². The van der Waals surface area contributed by atoms with E-state index in [1.807, 2.05) is 57.2 Å². The van der Waals surface area contributed by atoms with Gasteiger partial charge in [0.05, 0.1) is 11.4 Å². The average Bonchev–Trinajstić information content (AvgIpc) is 3.11. The van der Waals surface area contributed by atoms with E-state index in [9.17, 15) is 4.79 Å². The molecule has 1 N–H and O–H groups in total. The van der Waals surface area contributed by atoms with Crippen LogP contribution in [0.5, 0.6) is 0 Å². The van der Waals surface area contributed by atoms with E-state index in [1.165, 1.54) is 0 Å². The molecule has 0 fully saturated rings. The van der Waals surface area contributed by atoms with Crippen molar-refractivity contribution in [1.29, 1.82) is 0 Å². The van der Waals surface area contributed by atoms with E-state index < -0.39 is 0 Å². The number of rotatable bonds is 5. The molecule has 0 radical (unpaired) electrons. The SMILES string of the molecule is Cc1nc(C)n(-c2ccccc2NC(=O)CCc2ccc(C)o2)n1. The highest BCUT2D eigenvalue weighted by atomic mass is 16.3. The number of carbonyl (C=O) groups is 1. The van der Waals surface area contributed by atoms with Gasteiger partial charge in [-0.15, -0.1) is 0 Å². The minimum absolute atomic E-state index is 0.0639. The number of aromatic nitrogens is 3. The Labute approximate surface area is 140 Å². The molecule has 0 unspecified atom stereocenters. The van der Waals surface area contributed by atoms with E-state index in [-0.39, 0.29) is 5.91 Å². The van der Waals surface area contributed by atoms with E-state index in [0.29, 0.717) is 24.4 Å². The molecule has 124 valence electrons. The Morgan fingerprint density at radius 3 is 2.62 bits per heavy atom. The number of hydrogen-bond acceptors (Lipinski definition) is 4. The van der Waals surface area contributed by atoms with E-state index in [2.05, 4.69) is 15.4 Å². The number of nitrogens with zero attached hydrogens (tertiary/aromatic N) is 3. The number of aryl methyl sites for hydroxylation is 4. The van der Waals surface area contributed by atoms with Crippen LogP contribution >= 0.6 is 0 Å². The third kappa shape index (κ3) is 3.53. The third-order valence-corrected chi connectivity index (χ3v) is 3.68. The van der Waals surface area contributed by atoms with Crippen molar-refractivity contribution < 1.29 is 9.21 Å². The van der Waals surface area contributed by atoms with Crippen molar-refractivity contribution in [3.63, 3.8) is 0 Å². The third-order valence-electron chi connectivity index (χ3n) is 3.68. The molecule has 2 aromatic heterocycles. The Morgan fingerprint density at radius 2 is 1.96 bits per heavy atom. The summed E-state index contributed by atoms with van der Waals surface area (Å²) in [5.41, 5.74) is 1.52. The van der Waals surface area contributed by atoms with Crippen molar-refractivity contribution in [2.24, 2.45) is 0 Å². The number of benzene rings is 1. The molecule has 0 saturated heterocycles. The summed E-state index contributed by atoms with van der Waals surface area (Å²) >= 11 is 0. The highest BCUT2D eigenvalue weighted by Gasteiger charge is 2.12. The van der Waals surface area contributed by atoms with E-state index in [4.69, 9.17) is 4.42 Å². The summed E-state index contributed by atoms with van der Waals surface area (Å²) in [7, 11) is 0. The lowest BCUT2D eigenvalue weighted by Crippen LogP contribution is -2.14. The number of para-hydroxylation sites is 2. The normalized spacial score (nSPS) is 10.8. The van der Waals surface area contributed by atoms with Gasteiger partial charge in [0.2, 0.25) is 5.91 Å². The first kappa shape index (κ1) is 16.0. The highest BCUT2D eigenvalue weighted by molar-refractivity contribution is 5.92. The summed E-state index contributed by atoms with van der Waals surface area (Å²) in [6.45, 7) is 5.62. The second-order valence-electron chi connectivity index (χ2n) is 5.70. The number of anilines is 1. The Balaban J connectivity index is 1.73. The van der Waals surface area contributed by atoms with Gasteiger partial charge in [0.1, 0.15) is 23.2 Å². The molecule has 0 aliphatic heterocycles. The predicted molar refractivity (Wildman–Crippen MR) is 91.2 cm³/mol.